The Hall–Kier alpha value is -4.13. The summed E-state index contributed by atoms with van der Waals surface area (Å²) in [4.78, 5) is 16.0. The standard InChI is InChI=1S/C28H25FN6/c1-14(2)27-30-13-24(33-27)19-8-6-17(10-23(19)29)16-5-7-18-20(9-16)21-11-31-32-12-22(21)26-25(18)34-28(35-26)15(3)4/h5-15H,1-4H3,(H,30,33)(H,34,35). The van der Waals surface area contributed by atoms with E-state index >= 15 is 4.39 Å². The van der Waals surface area contributed by atoms with Gasteiger partial charge in [0.25, 0.3) is 0 Å². The van der Waals surface area contributed by atoms with Crippen molar-refractivity contribution in [3.63, 3.8) is 0 Å². The van der Waals surface area contributed by atoms with E-state index in [1.807, 2.05) is 18.2 Å². The Balaban J connectivity index is 1.51. The van der Waals surface area contributed by atoms with Crippen molar-refractivity contribution < 1.29 is 4.39 Å². The Morgan fingerprint density at radius 2 is 1.43 bits per heavy atom. The number of rotatable bonds is 4. The third kappa shape index (κ3) is 3.46. The Kier molecular flexibility index (Phi) is 4.88. The molecule has 174 valence electrons. The van der Waals surface area contributed by atoms with Gasteiger partial charge in [0.1, 0.15) is 17.5 Å². The van der Waals surface area contributed by atoms with Crippen molar-refractivity contribution >= 4 is 32.6 Å². The number of fused-ring (bicyclic) bond motifs is 6. The Labute approximate surface area is 201 Å². The molecule has 0 atom stereocenters. The molecule has 0 saturated carbocycles. The van der Waals surface area contributed by atoms with Gasteiger partial charge in [0.15, 0.2) is 0 Å². The summed E-state index contributed by atoms with van der Waals surface area (Å²) >= 11 is 0. The first-order chi connectivity index (χ1) is 16.9. The van der Waals surface area contributed by atoms with E-state index in [9.17, 15) is 0 Å². The molecule has 3 heterocycles. The summed E-state index contributed by atoms with van der Waals surface area (Å²) in [7, 11) is 0. The van der Waals surface area contributed by atoms with Crippen molar-refractivity contribution in [3.05, 3.63) is 72.5 Å². The van der Waals surface area contributed by atoms with E-state index < -0.39 is 0 Å². The molecule has 0 aliphatic heterocycles. The summed E-state index contributed by atoms with van der Waals surface area (Å²) < 4.78 is 15.2. The van der Waals surface area contributed by atoms with Gasteiger partial charge in [0.2, 0.25) is 0 Å². The number of nitrogens with zero attached hydrogens (tertiary/aromatic N) is 4. The normalized spacial score (nSPS) is 12.1. The van der Waals surface area contributed by atoms with E-state index in [0.717, 1.165) is 55.4 Å². The van der Waals surface area contributed by atoms with Gasteiger partial charge in [-0.15, -0.1) is 0 Å². The molecule has 0 bridgehead atoms. The molecule has 0 aliphatic rings. The van der Waals surface area contributed by atoms with E-state index in [2.05, 4.69) is 65.0 Å². The molecule has 0 unspecified atom stereocenters. The molecule has 7 heteroatoms. The second kappa shape index (κ2) is 7.98. The van der Waals surface area contributed by atoms with Gasteiger partial charge in [-0.05, 0) is 34.7 Å². The molecule has 0 spiro atoms. The summed E-state index contributed by atoms with van der Waals surface area (Å²) in [6, 6.07) is 11.5. The zero-order valence-corrected chi connectivity index (χ0v) is 20.0. The summed E-state index contributed by atoms with van der Waals surface area (Å²) in [5.41, 5.74) is 4.81. The third-order valence-corrected chi connectivity index (χ3v) is 6.57. The maximum absolute atomic E-state index is 15.2. The van der Waals surface area contributed by atoms with Crippen LogP contribution in [0.2, 0.25) is 0 Å². The number of halogens is 1. The number of hydrogen-bond acceptors (Lipinski definition) is 4. The zero-order chi connectivity index (χ0) is 24.3. The minimum absolute atomic E-state index is 0.251. The fourth-order valence-corrected chi connectivity index (χ4v) is 4.62. The van der Waals surface area contributed by atoms with E-state index in [-0.39, 0.29) is 17.7 Å². The van der Waals surface area contributed by atoms with Crippen LogP contribution in [0.5, 0.6) is 0 Å². The van der Waals surface area contributed by atoms with Crippen molar-refractivity contribution in [2.24, 2.45) is 0 Å². The van der Waals surface area contributed by atoms with Crippen molar-refractivity contribution in [2.75, 3.05) is 0 Å². The minimum atomic E-state index is -0.289. The van der Waals surface area contributed by atoms with Crippen molar-refractivity contribution in [1.29, 1.82) is 0 Å². The molecule has 3 aromatic carbocycles. The molecule has 2 N–H and O–H groups in total. The van der Waals surface area contributed by atoms with Gasteiger partial charge < -0.3 is 9.97 Å². The van der Waals surface area contributed by atoms with Gasteiger partial charge in [0.05, 0.1) is 35.3 Å². The molecule has 6 rings (SSSR count). The van der Waals surface area contributed by atoms with Gasteiger partial charge in [0, 0.05) is 33.6 Å². The lowest BCUT2D eigenvalue weighted by Gasteiger charge is -2.10. The third-order valence-electron chi connectivity index (χ3n) is 6.57. The average molecular weight is 465 g/mol. The molecule has 3 aromatic heterocycles. The molecular weight excluding hydrogens is 439 g/mol. The molecule has 0 radical (unpaired) electrons. The molecule has 0 amide bonds. The lowest BCUT2D eigenvalue weighted by molar-refractivity contribution is 0.631. The topological polar surface area (TPSA) is 83.1 Å². The van der Waals surface area contributed by atoms with Gasteiger partial charge in [-0.3, -0.25) is 0 Å². The summed E-state index contributed by atoms with van der Waals surface area (Å²) in [5, 5.41) is 12.2. The highest BCUT2D eigenvalue weighted by atomic mass is 19.1. The summed E-state index contributed by atoms with van der Waals surface area (Å²) in [6.07, 6.45) is 5.23. The second-order valence-corrected chi connectivity index (χ2v) is 9.61. The Morgan fingerprint density at radius 1 is 0.714 bits per heavy atom. The summed E-state index contributed by atoms with van der Waals surface area (Å²) in [6.45, 7) is 8.34. The molecule has 0 aliphatic carbocycles. The molecule has 0 fully saturated rings. The SMILES string of the molecule is CC(C)c1ncc(-c2ccc(-c3ccc4c(c3)c3cnncc3c3nc(C(C)C)[nH]c43)cc2F)[nH]1. The lowest BCUT2D eigenvalue weighted by Crippen LogP contribution is -1.91. The molecule has 6 aromatic rings. The number of nitrogens with one attached hydrogen (secondary N) is 2. The summed E-state index contributed by atoms with van der Waals surface area (Å²) in [5.74, 6) is 2.02. The monoisotopic (exact) mass is 464 g/mol. The highest BCUT2D eigenvalue weighted by Crippen LogP contribution is 2.37. The Morgan fingerprint density at radius 3 is 2.14 bits per heavy atom. The number of aromatic amines is 2. The van der Waals surface area contributed by atoms with Gasteiger partial charge >= 0.3 is 0 Å². The van der Waals surface area contributed by atoms with Crippen LogP contribution in [0.3, 0.4) is 0 Å². The molecule has 0 saturated heterocycles. The van der Waals surface area contributed by atoms with E-state index in [1.165, 1.54) is 0 Å². The largest absolute Gasteiger partial charge is 0.342 e. The van der Waals surface area contributed by atoms with Crippen molar-refractivity contribution in [3.8, 4) is 22.4 Å². The predicted octanol–water partition coefficient (Wildman–Crippen LogP) is 7.10. The zero-order valence-electron chi connectivity index (χ0n) is 20.0. The van der Waals surface area contributed by atoms with Crippen molar-refractivity contribution in [2.45, 2.75) is 39.5 Å². The average Bonchev–Trinajstić information content (AvgIpc) is 3.52. The van der Waals surface area contributed by atoms with Crippen LogP contribution in [-0.2, 0) is 0 Å². The number of hydrogen-bond donors (Lipinski definition) is 2. The van der Waals surface area contributed by atoms with Crippen LogP contribution in [0.15, 0.2) is 55.0 Å². The van der Waals surface area contributed by atoms with E-state index in [4.69, 9.17) is 4.98 Å². The van der Waals surface area contributed by atoms with Gasteiger partial charge in [-0.1, -0.05) is 45.9 Å². The van der Waals surface area contributed by atoms with Gasteiger partial charge in [-0.2, -0.15) is 10.2 Å². The van der Waals surface area contributed by atoms with Crippen LogP contribution in [0, 0.1) is 5.82 Å². The molecular formula is C28H25FN6. The maximum Gasteiger partial charge on any atom is 0.133 e. The molecule has 6 nitrogen and oxygen atoms in total. The second-order valence-electron chi connectivity index (χ2n) is 9.61. The number of H-pyrrole nitrogens is 2. The highest BCUT2D eigenvalue weighted by molar-refractivity contribution is 6.23. The number of aromatic nitrogens is 6. The number of imidazole rings is 2. The molecule has 35 heavy (non-hydrogen) atoms. The lowest BCUT2D eigenvalue weighted by atomic mass is 9.96. The fraction of sp³-hybridized carbons (Fsp3) is 0.214. The predicted molar refractivity (Wildman–Crippen MR) is 138 cm³/mol. The first-order valence-corrected chi connectivity index (χ1v) is 11.8. The van der Waals surface area contributed by atoms with Crippen LogP contribution < -0.4 is 0 Å². The van der Waals surface area contributed by atoms with Crippen LogP contribution in [-0.4, -0.2) is 30.1 Å². The van der Waals surface area contributed by atoms with Crippen LogP contribution in [0.4, 0.5) is 4.39 Å². The van der Waals surface area contributed by atoms with Crippen molar-refractivity contribution in [1.82, 2.24) is 30.1 Å². The minimum Gasteiger partial charge on any atom is -0.342 e. The maximum atomic E-state index is 15.2. The van der Waals surface area contributed by atoms with E-state index in [0.29, 0.717) is 11.3 Å². The first-order valence-electron chi connectivity index (χ1n) is 11.8. The van der Waals surface area contributed by atoms with E-state index in [1.54, 1.807) is 24.7 Å². The highest BCUT2D eigenvalue weighted by Gasteiger charge is 2.16. The quantitative estimate of drug-likeness (QED) is 0.273. The first kappa shape index (κ1) is 21.4. The van der Waals surface area contributed by atoms with Crippen LogP contribution >= 0.6 is 0 Å². The fourth-order valence-electron chi connectivity index (χ4n) is 4.62. The Bertz CT molecular complexity index is 1730. The van der Waals surface area contributed by atoms with Crippen LogP contribution in [0.25, 0.3) is 55.0 Å². The number of benzene rings is 3. The van der Waals surface area contributed by atoms with Gasteiger partial charge in [-0.25, -0.2) is 14.4 Å². The van der Waals surface area contributed by atoms with Crippen LogP contribution in [0.1, 0.15) is 51.2 Å². The smallest absolute Gasteiger partial charge is 0.133 e.